The predicted molar refractivity (Wildman–Crippen MR) is 71.6 cm³/mol. The van der Waals surface area contributed by atoms with Crippen molar-refractivity contribution in [1.29, 1.82) is 0 Å². The number of halogens is 1. The van der Waals surface area contributed by atoms with Crippen LogP contribution in [0.2, 0.25) is 0 Å². The third kappa shape index (κ3) is 2.96. The number of fused-ring (bicyclic) bond motifs is 1. The van der Waals surface area contributed by atoms with E-state index >= 15 is 0 Å². The maximum atomic E-state index is 13.1. The van der Waals surface area contributed by atoms with E-state index in [9.17, 15) is 14.0 Å². The molecule has 5 nitrogen and oxygen atoms in total. The Hall–Kier alpha value is -2.37. The van der Waals surface area contributed by atoms with Gasteiger partial charge in [-0.2, -0.15) is 0 Å². The summed E-state index contributed by atoms with van der Waals surface area (Å²) in [5.41, 5.74) is 1.45. The van der Waals surface area contributed by atoms with Gasteiger partial charge in [0.15, 0.2) is 0 Å². The number of hydrogen-bond donors (Lipinski definition) is 2. The van der Waals surface area contributed by atoms with E-state index in [1.165, 1.54) is 26.2 Å². The van der Waals surface area contributed by atoms with E-state index in [2.05, 4.69) is 15.0 Å². The number of amides is 1. The lowest BCUT2D eigenvalue weighted by atomic mass is 10.0. The molecule has 0 aliphatic rings. The van der Waals surface area contributed by atoms with Crippen LogP contribution in [0.3, 0.4) is 0 Å². The summed E-state index contributed by atoms with van der Waals surface area (Å²) in [6.45, 7) is 1.33. The Morgan fingerprint density at radius 2 is 2.20 bits per heavy atom. The van der Waals surface area contributed by atoms with Gasteiger partial charge in [0.25, 0.3) is 0 Å². The molecule has 6 heteroatoms. The molecule has 0 radical (unpaired) electrons. The normalized spacial score (nSPS) is 12.2. The second kappa shape index (κ2) is 5.73. The summed E-state index contributed by atoms with van der Waals surface area (Å²) in [6.07, 6.45) is 1.97. The van der Waals surface area contributed by atoms with E-state index in [-0.39, 0.29) is 18.1 Å². The van der Waals surface area contributed by atoms with Crippen LogP contribution in [0.4, 0.5) is 4.39 Å². The summed E-state index contributed by atoms with van der Waals surface area (Å²) in [7, 11) is 1.27. The van der Waals surface area contributed by atoms with Crippen molar-refractivity contribution >= 4 is 22.8 Å². The summed E-state index contributed by atoms with van der Waals surface area (Å²) in [5, 5.41) is 3.35. The van der Waals surface area contributed by atoms with Gasteiger partial charge in [0.05, 0.1) is 7.11 Å². The number of methoxy groups -OCH3 is 1. The molecule has 0 unspecified atom stereocenters. The maximum Gasteiger partial charge on any atom is 0.328 e. The first-order valence-electron chi connectivity index (χ1n) is 6.11. The molecule has 2 aromatic rings. The highest BCUT2D eigenvalue weighted by Crippen LogP contribution is 2.20. The van der Waals surface area contributed by atoms with Crippen molar-refractivity contribution in [2.45, 2.75) is 19.4 Å². The van der Waals surface area contributed by atoms with Gasteiger partial charge in [0.2, 0.25) is 5.91 Å². The lowest BCUT2D eigenvalue weighted by molar-refractivity contribution is -0.144. The summed E-state index contributed by atoms with van der Waals surface area (Å²) in [6, 6.07) is 3.61. The number of H-pyrrole nitrogens is 1. The summed E-state index contributed by atoms with van der Waals surface area (Å²) >= 11 is 0. The topological polar surface area (TPSA) is 71.2 Å². The fourth-order valence-corrected chi connectivity index (χ4v) is 2.13. The molecule has 0 saturated heterocycles. The molecular formula is C14H15FN2O3. The lowest BCUT2D eigenvalue weighted by Crippen LogP contribution is -2.41. The van der Waals surface area contributed by atoms with Gasteiger partial charge in [-0.15, -0.1) is 0 Å². The molecule has 0 aliphatic heterocycles. The smallest absolute Gasteiger partial charge is 0.328 e. The third-order valence-electron chi connectivity index (χ3n) is 3.02. The van der Waals surface area contributed by atoms with Crippen molar-refractivity contribution in [1.82, 2.24) is 10.3 Å². The Bertz CT molecular complexity index is 651. The minimum Gasteiger partial charge on any atom is -0.467 e. The first-order valence-corrected chi connectivity index (χ1v) is 6.11. The van der Waals surface area contributed by atoms with Gasteiger partial charge in [-0.25, -0.2) is 9.18 Å². The number of nitrogens with one attached hydrogen (secondary N) is 2. The zero-order chi connectivity index (χ0) is 14.7. The van der Waals surface area contributed by atoms with Gasteiger partial charge >= 0.3 is 5.97 Å². The zero-order valence-electron chi connectivity index (χ0n) is 11.2. The Morgan fingerprint density at radius 1 is 1.45 bits per heavy atom. The Morgan fingerprint density at radius 3 is 2.85 bits per heavy atom. The average molecular weight is 278 g/mol. The molecule has 0 fully saturated rings. The molecule has 1 aromatic heterocycles. The summed E-state index contributed by atoms with van der Waals surface area (Å²) in [4.78, 5) is 25.7. The van der Waals surface area contributed by atoms with Crippen LogP contribution in [0, 0.1) is 5.82 Å². The van der Waals surface area contributed by atoms with Crippen molar-refractivity contribution in [3.8, 4) is 0 Å². The van der Waals surface area contributed by atoms with Crippen LogP contribution in [-0.4, -0.2) is 30.0 Å². The van der Waals surface area contributed by atoms with Crippen LogP contribution in [0.1, 0.15) is 12.5 Å². The minimum absolute atomic E-state index is 0.276. The number of carbonyl (C=O) groups is 2. The van der Waals surface area contributed by atoms with Crippen LogP contribution in [0.25, 0.3) is 10.9 Å². The van der Waals surface area contributed by atoms with E-state index in [1.807, 2.05) is 0 Å². The van der Waals surface area contributed by atoms with Crippen LogP contribution < -0.4 is 5.32 Å². The van der Waals surface area contributed by atoms with E-state index < -0.39 is 12.0 Å². The molecule has 106 valence electrons. The van der Waals surface area contributed by atoms with E-state index in [0.717, 1.165) is 10.9 Å². The van der Waals surface area contributed by atoms with Crippen molar-refractivity contribution < 1.29 is 18.7 Å². The van der Waals surface area contributed by atoms with Crippen LogP contribution in [0.15, 0.2) is 24.4 Å². The lowest BCUT2D eigenvalue weighted by Gasteiger charge is -2.14. The Kier molecular flexibility index (Phi) is 4.02. The first-order chi connectivity index (χ1) is 9.51. The van der Waals surface area contributed by atoms with Gasteiger partial charge in [-0.3, -0.25) is 4.79 Å². The fourth-order valence-electron chi connectivity index (χ4n) is 2.13. The van der Waals surface area contributed by atoms with Crippen LogP contribution in [-0.2, 0) is 20.7 Å². The highest BCUT2D eigenvalue weighted by atomic mass is 19.1. The summed E-state index contributed by atoms with van der Waals surface area (Å²) < 4.78 is 17.8. The quantitative estimate of drug-likeness (QED) is 0.833. The predicted octanol–water partition coefficient (Wildman–Crippen LogP) is 1.53. The second-order valence-electron chi connectivity index (χ2n) is 4.48. The molecule has 0 bridgehead atoms. The van der Waals surface area contributed by atoms with Crippen molar-refractivity contribution in [2.24, 2.45) is 0 Å². The molecule has 20 heavy (non-hydrogen) atoms. The van der Waals surface area contributed by atoms with Crippen LogP contribution >= 0.6 is 0 Å². The van der Waals surface area contributed by atoms with Gasteiger partial charge < -0.3 is 15.0 Å². The number of carbonyl (C=O) groups excluding carboxylic acids is 2. The molecule has 2 N–H and O–H groups in total. The highest BCUT2D eigenvalue weighted by molar-refractivity contribution is 5.86. The number of esters is 1. The number of aromatic amines is 1. The SMILES string of the molecule is COC(=O)[C@@H](Cc1c[nH]c2cc(F)ccc12)NC(C)=O. The fraction of sp³-hybridized carbons (Fsp3) is 0.286. The van der Waals surface area contributed by atoms with Crippen molar-refractivity contribution in [3.63, 3.8) is 0 Å². The number of benzene rings is 1. The first kappa shape index (κ1) is 14.0. The second-order valence-corrected chi connectivity index (χ2v) is 4.48. The number of aromatic nitrogens is 1. The zero-order valence-corrected chi connectivity index (χ0v) is 11.2. The Balaban J connectivity index is 2.28. The van der Waals surface area contributed by atoms with Crippen LogP contribution in [0.5, 0.6) is 0 Å². The molecule has 2 rings (SSSR count). The third-order valence-corrected chi connectivity index (χ3v) is 3.02. The largest absolute Gasteiger partial charge is 0.467 e. The average Bonchev–Trinajstić information content (AvgIpc) is 2.78. The molecular weight excluding hydrogens is 263 g/mol. The number of ether oxygens (including phenoxy) is 1. The van der Waals surface area contributed by atoms with Crippen molar-refractivity contribution in [3.05, 3.63) is 35.8 Å². The van der Waals surface area contributed by atoms with E-state index in [1.54, 1.807) is 12.3 Å². The number of hydrogen-bond acceptors (Lipinski definition) is 3. The van der Waals surface area contributed by atoms with Gasteiger partial charge in [0, 0.05) is 30.4 Å². The number of rotatable bonds is 4. The molecule has 0 spiro atoms. The molecule has 1 heterocycles. The molecule has 1 amide bonds. The Labute approximate surface area is 115 Å². The van der Waals surface area contributed by atoms with Crippen molar-refractivity contribution in [2.75, 3.05) is 7.11 Å². The molecule has 1 aromatic carbocycles. The van der Waals surface area contributed by atoms with E-state index in [0.29, 0.717) is 5.52 Å². The van der Waals surface area contributed by atoms with Gasteiger partial charge in [0.1, 0.15) is 11.9 Å². The molecule has 1 atom stereocenters. The monoisotopic (exact) mass is 278 g/mol. The maximum absolute atomic E-state index is 13.1. The van der Waals surface area contributed by atoms with E-state index in [4.69, 9.17) is 0 Å². The highest BCUT2D eigenvalue weighted by Gasteiger charge is 2.22. The van der Waals surface area contributed by atoms with Gasteiger partial charge in [-0.05, 0) is 23.8 Å². The molecule has 0 saturated carbocycles. The van der Waals surface area contributed by atoms with Gasteiger partial charge in [-0.1, -0.05) is 0 Å². The standard InChI is InChI=1S/C14H15FN2O3/c1-8(18)17-13(14(19)20-2)5-9-7-16-12-6-10(15)3-4-11(9)12/h3-4,6-7,13,16H,5H2,1-2H3,(H,17,18)/t13-/m1/s1. The molecule has 0 aliphatic carbocycles. The summed E-state index contributed by atoms with van der Waals surface area (Å²) in [5.74, 6) is -1.17. The minimum atomic E-state index is -0.762.